The average molecular weight is 1140 g/mol. The topological polar surface area (TPSA) is 186 Å². The number of urea groups is 2. The minimum Gasteiger partial charge on any atom is -0.415 e. The predicted octanol–water partition coefficient (Wildman–Crippen LogP) is 10.4. The van der Waals surface area contributed by atoms with E-state index in [1.54, 1.807) is 62.4 Å². The first-order valence-corrected chi connectivity index (χ1v) is 26.0. The lowest BCUT2D eigenvalue weighted by atomic mass is 10.1. The lowest BCUT2D eigenvalue weighted by Crippen LogP contribution is -2.43. The summed E-state index contributed by atoms with van der Waals surface area (Å²) in [5.74, 6) is -3.07. The summed E-state index contributed by atoms with van der Waals surface area (Å²) < 4.78 is 90.1. The molecule has 2 aliphatic heterocycles. The van der Waals surface area contributed by atoms with Crippen LogP contribution in [0.3, 0.4) is 0 Å². The highest BCUT2D eigenvalue weighted by Crippen LogP contribution is 2.28. The zero-order chi connectivity index (χ0) is 55.3. The van der Waals surface area contributed by atoms with Crippen LogP contribution in [0.2, 0.25) is 0 Å². The Kier molecular flexibility index (Phi) is 22.8. The summed E-state index contributed by atoms with van der Waals surface area (Å²) in [6.45, 7) is 9.45. The molecule has 8 rings (SSSR count). The largest absolute Gasteiger partial charge is 0.415 e. The molecular formula is C53H60BrF6N11O6. The minimum absolute atomic E-state index is 0.0314. The van der Waals surface area contributed by atoms with Gasteiger partial charge in [-0.1, -0.05) is 77.3 Å². The molecule has 0 atom stereocenters. The van der Waals surface area contributed by atoms with Gasteiger partial charge < -0.3 is 29.3 Å². The first kappa shape index (κ1) is 58.9. The highest BCUT2D eigenvalue weighted by Gasteiger charge is 2.24. The molecule has 6 aromatic rings. The maximum atomic E-state index is 15.0. The number of carbonyl (C=O) groups is 4. The fraction of sp³-hybridized carbons (Fsp3) is 0.396. The minimum atomic E-state index is -2.92. The predicted molar refractivity (Wildman–Crippen MR) is 279 cm³/mol. The number of alkyl halides is 5. The average Bonchev–Trinajstić information content (AvgIpc) is 3.98. The van der Waals surface area contributed by atoms with Crippen LogP contribution >= 0.6 is 15.9 Å². The quantitative estimate of drug-likeness (QED) is 0.0736. The van der Waals surface area contributed by atoms with E-state index in [0.717, 1.165) is 51.3 Å². The molecule has 0 radical (unpaired) electrons. The van der Waals surface area contributed by atoms with Gasteiger partial charge in [-0.2, -0.15) is 17.6 Å². The number of rotatable bonds is 15. The third-order valence-corrected chi connectivity index (χ3v) is 12.7. The molecule has 0 aliphatic carbocycles. The SMILES string of the molecule is CC(=O)N1CCCCCC1.CC(=O)N1CCCN(CCNC(=O)N(Cc2ccc(-c3nnc(C(F)F)o3)cc2F)c2ccccc2)CC1.O=C(NCCBr)N(Cc1ccc(-c2nnc(C(F)F)o2)cc1F)c1ccccc1. The van der Waals surface area contributed by atoms with E-state index in [1.807, 2.05) is 21.9 Å². The van der Waals surface area contributed by atoms with Gasteiger partial charge >= 0.3 is 24.9 Å². The van der Waals surface area contributed by atoms with E-state index in [0.29, 0.717) is 42.9 Å². The summed E-state index contributed by atoms with van der Waals surface area (Å²) in [4.78, 5) is 57.1. The van der Waals surface area contributed by atoms with E-state index in [9.17, 15) is 41.1 Å². The summed E-state index contributed by atoms with van der Waals surface area (Å²) in [5.41, 5.74) is 1.96. The van der Waals surface area contributed by atoms with Gasteiger partial charge in [-0.15, -0.1) is 20.4 Å². The Morgan fingerprint density at radius 3 is 1.43 bits per heavy atom. The summed E-state index contributed by atoms with van der Waals surface area (Å²) in [7, 11) is 0. The number of amides is 6. The second-order valence-corrected chi connectivity index (χ2v) is 18.5. The highest BCUT2D eigenvalue weighted by atomic mass is 79.9. The van der Waals surface area contributed by atoms with E-state index < -0.39 is 42.3 Å². The van der Waals surface area contributed by atoms with Crippen molar-refractivity contribution in [3.63, 3.8) is 0 Å². The molecule has 4 heterocycles. The summed E-state index contributed by atoms with van der Waals surface area (Å²) in [6.07, 6.45) is 0.0179. The molecule has 0 spiro atoms. The van der Waals surface area contributed by atoms with Gasteiger partial charge in [0.25, 0.3) is 11.8 Å². The summed E-state index contributed by atoms with van der Waals surface area (Å²) in [6, 6.07) is 25.0. The van der Waals surface area contributed by atoms with Gasteiger partial charge in [0.1, 0.15) is 11.6 Å². The molecule has 0 bridgehead atoms. The van der Waals surface area contributed by atoms with Crippen molar-refractivity contribution in [2.45, 2.75) is 71.9 Å². The van der Waals surface area contributed by atoms with Crippen LogP contribution in [0.1, 0.15) is 81.7 Å². The van der Waals surface area contributed by atoms with Crippen LogP contribution in [0, 0.1) is 11.6 Å². The second kappa shape index (κ2) is 29.8. The van der Waals surface area contributed by atoms with Crippen LogP contribution in [0.4, 0.5) is 47.3 Å². The zero-order valence-corrected chi connectivity index (χ0v) is 44.1. The normalized spacial score (nSPS) is 13.9. The van der Waals surface area contributed by atoms with Gasteiger partial charge in [0.15, 0.2) is 0 Å². The van der Waals surface area contributed by atoms with E-state index in [4.69, 9.17) is 8.83 Å². The lowest BCUT2D eigenvalue weighted by molar-refractivity contribution is -0.129. The molecule has 2 saturated heterocycles. The van der Waals surface area contributed by atoms with E-state index in [2.05, 4.69) is 51.9 Å². The van der Waals surface area contributed by atoms with Crippen LogP contribution in [-0.2, 0) is 22.7 Å². The number of hydrogen-bond acceptors (Lipinski definition) is 11. The number of halogens is 7. The third-order valence-electron chi connectivity index (χ3n) is 12.3. The first-order chi connectivity index (χ1) is 37.1. The van der Waals surface area contributed by atoms with Crippen molar-refractivity contribution in [3.05, 3.63) is 132 Å². The van der Waals surface area contributed by atoms with Crippen molar-refractivity contribution in [2.75, 3.05) is 74.0 Å². The number of likely N-dealkylation sites (tertiary alicyclic amines) is 1. The second-order valence-electron chi connectivity index (χ2n) is 17.7. The number of aromatic nitrogens is 4. The number of nitrogens with one attached hydrogen (secondary N) is 2. The molecule has 2 N–H and O–H groups in total. The molecule has 17 nitrogen and oxygen atoms in total. The Labute approximate surface area is 450 Å². The number of nitrogens with zero attached hydrogens (tertiary/aromatic N) is 9. The van der Waals surface area contributed by atoms with Crippen LogP contribution in [-0.4, -0.2) is 123 Å². The standard InChI is InChI=1S/C26H29F3N6O3.C19H16BrF3N4O2.C8H15NO/c1-18(36)34-12-5-11-33(14-15-34)13-10-30-26(37)35(21-6-3-2-4-7-21)17-20-9-8-19(16-22(20)27)24-31-32-25(38-24)23(28)29;20-8-9-24-19(28)27(14-4-2-1-3-5-14)11-13-7-6-12(10-15(13)21)17-25-26-18(29-17)16(22)23;1-8(10)9-6-4-2-3-5-7-9/h2-4,6-9,16,23H,5,10-15,17H2,1H3,(H,30,37);1-7,10,16H,8-9,11H2,(H,24,28);2-7H2,1H3. The third kappa shape index (κ3) is 17.9. The molecule has 0 unspecified atom stereocenters. The number of benzene rings is 4. The van der Waals surface area contributed by atoms with Crippen LogP contribution in [0.5, 0.6) is 0 Å². The zero-order valence-electron chi connectivity index (χ0n) is 42.5. The van der Waals surface area contributed by atoms with Gasteiger partial charge in [0, 0.05) is 105 Å². The molecule has 77 heavy (non-hydrogen) atoms. The van der Waals surface area contributed by atoms with Gasteiger partial charge in [-0.25, -0.2) is 18.4 Å². The molecule has 2 aromatic heterocycles. The summed E-state index contributed by atoms with van der Waals surface area (Å²) >= 11 is 3.24. The number of carbonyl (C=O) groups excluding carboxylic acids is 4. The maximum Gasteiger partial charge on any atom is 0.322 e. The lowest BCUT2D eigenvalue weighted by Gasteiger charge is -2.25. The van der Waals surface area contributed by atoms with Crippen molar-refractivity contribution in [2.24, 2.45) is 0 Å². The van der Waals surface area contributed by atoms with Gasteiger partial charge in [-0.3, -0.25) is 24.3 Å². The maximum absolute atomic E-state index is 15.0. The van der Waals surface area contributed by atoms with Gasteiger partial charge in [-0.05, 0) is 74.3 Å². The van der Waals surface area contributed by atoms with Crippen molar-refractivity contribution in [1.82, 2.24) is 45.7 Å². The smallest absolute Gasteiger partial charge is 0.322 e. The molecular weight excluding hydrogens is 1080 g/mol. The Bertz CT molecular complexity index is 2820. The summed E-state index contributed by atoms with van der Waals surface area (Å²) in [5, 5.41) is 19.8. The van der Waals surface area contributed by atoms with Crippen LogP contribution in [0.25, 0.3) is 22.9 Å². The Balaban J connectivity index is 0.000000216. The van der Waals surface area contributed by atoms with Crippen molar-refractivity contribution in [1.29, 1.82) is 0 Å². The van der Waals surface area contributed by atoms with E-state index in [-0.39, 0.29) is 65.0 Å². The molecule has 6 amide bonds. The molecule has 0 saturated carbocycles. The van der Waals surface area contributed by atoms with Crippen molar-refractivity contribution in [3.8, 4) is 22.9 Å². The molecule has 4 aromatic carbocycles. The molecule has 2 fully saturated rings. The first-order valence-electron chi connectivity index (χ1n) is 24.9. The number of para-hydroxylation sites is 2. The molecule has 24 heteroatoms. The van der Waals surface area contributed by atoms with Crippen LogP contribution in [0.15, 0.2) is 106 Å². The van der Waals surface area contributed by atoms with Gasteiger partial charge in [0.2, 0.25) is 23.6 Å². The monoisotopic (exact) mass is 1140 g/mol. The van der Waals surface area contributed by atoms with E-state index in [1.165, 1.54) is 59.7 Å². The molecule has 2 aliphatic rings. The fourth-order valence-corrected chi connectivity index (χ4v) is 8.37. The Hall–Kier alpha value is -7.34. The highest BCUT2D eigenvalue weighted by molar-refractivity contribution is 9.09. The Morgan fingerprint density at radius 1 is 0.571 bits per heavy atom. The van der Waals surface area contributed by atoms with Crippen molar-refractivity contribution >= 4 is 51.2 Å². The van der Waals surface area contributed by atoms with Crippen molar-refractivity contribution < 1.29 is 54.4 Å². The van der Waals surface area contributed by atoms with Crippen LogP contribution < -0.4 is 20.4 Å². The Morgan fingerprint density at radius 2 is 1.01 bits per heavy atom. The fourth-order valence-electron chi connectivity index (χ4n) is 8.17. The number of anilines is 2. The molecule has 412 valence electrons. The van der Waals surface area contributed by atoms with E-state index >= 15 is 4.39 Å². The van der Waals surface area contributed by atoms with Gasteiger partial charge in [0.05, 0.1) is 13.1 Å². The number of hydrogen-bond donors (Lipinski definition) is 2.